The third-order valence-corrected chi connectivity index (χ3v) is 3.42. The van der Waals surface area contributed by atoms with Crippen LogP contribution in [0, 0.1) is 0 Å². The van der Waals surface area contributed by atoms with Gasteiger partial charge in [0.1, 0.15) is 0 Å². The average molecular weight is 297 g/mol. The molecule has 1 aliphatic rings. The SMILES string of the molecule is CCOC(=O)N1CCN(CC(O)Cn2cc(N)cn2)CC1. The van der Waals surface area contributed by atoms with Gasteiger partial charge in [-0.15, -0.1) is 0 Å². The summed E-state index contributed by atoms with van der Waals surface area (Å²) >= 11 is 0. The van der Waals surface area contributed by atoms with E-state index < -0.39 is 6.10 Å². The van der Waals surface area contributed by atoms with Crippen LogP contribution in [0.1, 0.15) is 6.92 Å². The van der Waals surface area contributed by atoms with Crippen molar-refractivity contribution in [1.82, 2.24) is 19.6 Å². The standard InChI is InChI=1S/C13H23N5O3/c1-2-21-13(20)17-5-3-16(4-6-17)9-12(19)10-18-8-11(14)7-15-18/h7-8,12,19H,2-6,9-10,14H2,1H3. The van der Waals surface area contributed by atoms with Gasteiger partial charge in [-0.3, -0.25) is 9.58 Å². The topological polar surface area (TPSA) is 96.9 Å². The number of ether oxygens (including phenoxy) is 1. The molecule has 0 bridgehead atoms. The fourth-order valence-corrected chi connectivity index (χ4v) is 2.38. The van der Waals surface area contributed by atoms with Gasteiger partial charge in [0.25, 0.3) is 0 Å². The summed E-state index contributed by atoms with van der Waals surface area (Å²) in [6.07, 6.45) is 2.48. The van der Waals surface area contributed by atoms with Crippen molar-refractivity contribution in [2.75, 3.05) is 45.1 Å². The molecule has 0 aromatic carbocycles. The van der Waals surface area contributed by atoms with Crippen LogP contribution in [0.3, 0.4) is 0 Å². The van der Waals surface area contributed by atoms with Gasteiger partial charge in [-0.1, -0.05) is 0 Å². The molecule has 1 aromatic heterocycles. The van der Waals surface area contributed by atoms with Gasteiger partial charge in [-0.05, 0) is 6.92 Å². The molecule has 21 heavy (non-hydrogen) atoms. The minimum atomic E-state index is -0.515. The van der Waals surface area contributed by atoms with E-state index in [1.165, 1.54) is 0 Å². The summed E-state index contributed by atoms with van der Waals surface area (Å²) < 4.78 is 6.61. The van der Waals surface area contributed by atoms with Crippen LogP contribution in [0.4, 0.5) is 10.5 Å². The summed E-state index contributed by atoms with van der Waals surface area (Å²) in [4.78, 5) is 15.4. The Morgan fingerprint density at radius 2 is 2.14 bits per heavy atom. The maximum Gasteiger partial charge on any atom is 0.409 e. The number of anilines is 1. The predicted molar refractivity (Wildman–Crippen MR) is 77.7 cm³/mol. The summed E-state index contributed by atoms with van der Waals surface area (Å²) in [7, 11) is 0. The Balaban J connectivity index is 1.71. The Kier molecular flexibility index (Phi) is 5.40. The largest absolute Gasteiger partial charge is 0.450 e. The van der Waals surface area contributed by atoms with Crippen molar-refractivity contribution in [2.24, 2.45) is 0 Å². The lowest BCUT2D eigenvalue weighted by molar-refractivity contribution is 0.0522. The fraction of sp³-hybridized carbons (Fsp3) is 0.692. The molecular weight excluding hydrogens is 274 g/mol. The van der Waals surface area contributed by atoms with Crippen molar-refractivity contribution in [2.45, 2.75) is 19.6 Å². The lowest BCUT2D eigenvalue weighted by atomic mass is 10.2. The lowest BCUT2D eigenvalue weighted by Crippen LogP contribution is -2.50. The van der Waals surface area contributed by atoms with Crippen LogP contribution in [0.2, 0.25) is 0 Å². The number of hydrogen-bond acceptors (Lipinski definition) is 6. The number of rotatable bonds is 5. The van der Waals surface area contributed by atoms with Gasteiger partial charge < -0.3 is 20.5 Å². The number of nitrogen functional groups attached to an aromatic ring is 1. The highest BCUT2D eigenvalue weighted by Crippen LogP contribution is 2.06. The molecule has 1 atom stereocenters. The van der Waals surface area contributed by atoms with Crippen molar-refractivity contribution in [1.29, 1.82) is 0 Å². The second-order valence-corrected chi connectivity index (χ2v) is 5.14. The van der Waals surface area contributed by atoms with E-state index in [2.05, 4.69) is 10.00 Å². The van der Waals surface area contributed by atoms with Gasteiger partial charge >= 0.3 is 6.09 Å². The van der Waals surface area contributed by atoms with E-state index in [4.69, 9.17) is 10.5 Å². The number of aliphatic hydroxyl groups is 1. The summed E-state index contributed by atoms with van der Waals surface area (Å²) in [5, 5.41) is 14.1. The third kappa shape index (κ3) is 4.61. The maximum absolute atomic E-state index is 11.6. The zero-order chi connectivity index (χ0) is 15.2. The van der Waals surface area contributed by atoms with E-state index in [0.717, 1.165) is 13.1 Å². The number of aliphatic hydroxyl groups excluding tert-OH is 1. The van der Waals surface area contributed by atoms with Crippen LogP contribution in [0.5, 0.6) is 0 Å². The van der Waals surface area contributed by atoms with Crippen LogP contribution in [0.15, 0.2) is 12.4 Å². The third-order valence-electron chi connectivity index (χ3n) is 3.42. The normalized spacial score (nSPS) is 17.7. The molecule has 0 radical (unpaired) electrons. The Morgan fingerprint density at radius 3 is 2.71 bits per heavy atom. The molecule has 1 aliphatic heterocycles. The van der Waals surface area contributed by atoms with Crippen molar-refractivity contribution in [3.8, 4) is 0 Å². The molecular formula is C13H23N5O3. The molecule has 1 aromatic rings. The number of β-amino-alcohol motifs (C(OH)–C–C–N with tert-alkyl or cyclic N) is 1. The number of hydrogen-bond donors (Lipinski definition) is 2. The van der Waals surface area contributed by atoms with E-state index >= 15 is 0 Å². The Labute approximate surface area is 124 Å². The highest BCUT2D eigenvalue weighted by atomic mass is 16.6. The van der Waals surface area contributed by atoms with E-state index in [9.17, 15) is 9.90 Å². The molecule has 1 amide bonds. The maximum atomic E-state index is 11.6. The molecule has 8 heteroatoms. The summed E-state index contributed by atoms with van der Waals surface area (Å²) in [6, 6.07) is 0. The number of carbonyl (C=O) groups is 1. The van der Waals surface area contributed by atoms with Crippen molar-refractivity contribution in [3.05, 3.63) is 12.4 Å². The molecule has 1 saturated heterocycles. The van der Waals surface area contributed by atoms with Crippen LogP contribution in [0.25, 0.3) is 0 Å². The average Bonchev–Trinajstić information content (AvgIpc) is 2.85. The molecule has 1 fully saturated rings. The van der Waals surface area contributed by atoms with Crippen molar-refractivity contribution < 1.29 is 14.6 Å². The monoisotopic (exact) mass is 297 g/mol. The lowest BCUT2D eigenvalue weighted by Gasteiger charge is -2.34. The number of aromatic nitrogens is 2. The molecule has 0 saturated carbocycles. The second kappa shape index (κ2) is 7.28. The molecule has 118 valence electrons. The molecule has 2 rings (SSSR count). The highest BCUT2D eigenvalue weighted by Gasteiger charge is 2.23. The van der Waals surface area contributed by atoms with Crippen LogP contribution >= 0.6 is 0 Å². The van der Waals surface area contributed by atoms with Gasteiger partial charge in [-0.2, -0.15) is 5.10 Å². The molecule has 0 spiro atoms. The zero-order valence-corrected chi connectivity index (χ0v) is 12.3. The van der Waals surface area contributed by atoms with Crippen LogP contribution in [-0.4, -0.2) is 76.2 Å². The van der Waals surface area contributed by atoms with Crippen LogP contribution < -0.4 is 5.73 Å². The summed E-state index contributed by atoms with van der Waals surface area (Å²) in [5.74, 6) is 0. The highest BCUT2D eigenvalue weighted by molar-refractivity contribution is 5.67. The fourth-order valence-electron chi connectivity index (χ4n) is 2.38. The number of nitrogens with two attached hydrogens (primary N) is 1. The molecule has 8 nitrogen and oxygen atoms in total. The Bertz CT molecular complexity index is 456. The molecule has 1 unspecified atom stereocenters. The first-order chi connectivity index (χ1) is 10.1. The first kappa shape index (κ1) is 15.6. The van der Waals surface area contributed by atoms with Crippen LogP contribution in [-0.2, 0) is 11.3 Å². The number of nitrogens with zero attached hydrogens (tertiary/aromatic N) is 4. The first-order valence-electron chi connectivity index (χ1n) is 7.18. The van der Waals surface area contributed by atoms with Gasteiger partial charge in [0.05, 0.1) is 31.1 Å². The predicted octanol–water partition coefficient (Wildman–Crippen LogP) is -0.400. The molecule has 2 heterocycles. The first-order valence-corrected chi connectivity index (χ1v) is 7.18. The number of piperazine rings is 1. The number of amides is 1. The van der Waals surface area contributed by atoms with Gasteiger partial charge in [0, 0.05) is 38.9 Å². The van der Waals surface area contributed by atoms with Crippen molar-refractivity contribution >= 4 is 11.8 Å². The summed E-state index contributed by atoms with van der Waals surface area (Å²) in [6.45, 7) is 5.87. The quantitative estimate of drug-likeness (QED) is 0.767. The minimum Gasteiger partial charge on any atom is -0.450 e. The van der Waals surface area contributed by atoms with Gasteiger partial charge in [0.2, 0.25) is 0 Å². The molecule has 3 N–H and O–H groups in total. The van der Waals surface area contributed by atoms with Gasteiger partial charge in [0.15, 0.2) is 0 Å². The van der Waals surface area contributed by atoms with E-state index in [1.807, 2.05) is 0 Å². The second-order valence-electron chi connectivity index (χ2n) is 5.14. The minimum absolute atomic E-state index is 0.260. The smallest absolute Gasteiger partial charge is 0.409 e. The zero-order valence-electron chi connectivity index (χ0n) is 12.3. The van der Waals surface area contributed by atoms with E-state index in [1.54, 1.807) is 28.9 Å². The number of carbonyl (C=O) groups excluding carboxylic acids is 1. The Morgan fingerprint density at radius 1 is 1.43 bits per heavy atom. The van der Waals surface area contributed by atoms with Gasteiger partial charge in [-0.25, -0.2) is 4.79 Å². The van der Waals surface area contributed by atoms with E-state index in [-0.39, 0.29) is 6.09 Å². The van der Waals surface area contributed by atoms with Crippen molar-refractivity contribution in [3.63, 3.8) is 0 Å². The Hall–Kier alpha value is -1.80. The molecule has 0 aliphatic carbocycles. The summed E-state index contributed by atoms with van der Waals surface area (Å²) in [5.41, 5.74) is 6.17. The van der Waals surface area contributed by atoms with E-state index in [0.29, 0.717) is 38.5 Å².